The lowest BCUT2D eigenvalue weighted by molar-refractivity contribution is 1.15. The third kappa shape index (κ3) is 3.15. The maximum atomic E-state index is 4.37. The summed E-state index contributed by atoms with van der Waals surface area (Å²) in [4.78, 5) is 5.73. The van der Waals surface area contributed by atoms with Gasteiger partial charge in [-0.2, -0.15) is 0 Å². The Hall–Kier alpha value is -0.890. The molecule has 0 radical (unpaired) electrons. The first-order valence-corrected chi connectivity index (χ1v) is 5.16. The number of allylic oxidation sites excluding steroid dienone is 3. The highest BCUT2D eigenvalue weighted by atomic mass is 32.1. The molecule has 13 heavy (non-hydrogen) atoms. The normalized spacial score (nSPS) is 11.0. The van der Waals surface area contributed by atoms with Crippen LogP contribution >= 0.6 is 11.3 Å². The van der Waals surface area contributed by atoms with Crippen LogP contribution < -0.4 is 0 Å². The molecule has 0 aromatic carbocycles. The molecule has 1 nitrogen and oxygen atoms in total. The molecule has 0 aliphatic carbocycles. The molecule has 0 bridgehead atoms. The summed E-state index contributed by atoms with van der Waals surface area (Å²) in [6.45, 7) is 9.92. The van der Waals surface area contributed by atoms with Crippen LogP contribution in [-0.4, -0.2) is 4.98 Å². The van der Waals surface area contributed by atoms with Gasteiger partial charge in [-0.25, -0.2) is 4.98 Å². The molecule has 1 aromatic rings. The Labute approximate surface area is 83.8 Å². The van der Waals surface area contributed by atoms with Crippen LogP contribution in [0.2, 0.25) is 0 Å². The fraction of sp³-hybridized carbons (Fsp3) is 0.364. The van der Waals surface area contributed by atoms with E-state index in [2.05, 4.69) is 30.6 Å². The number of nitrogens with zero attached hydrogens (tertiary/aromatic N) is 1. The maximum Gasteiger partial charge on any atom is 0.0900 e. The van der Waals surface area contributed by atoms with Gasteiger partial charge in [0, 0.05) is 11.3 Å². The van der Waals surface area contributed by atoms with Crippen LogP contribution in [0.25, 0.3) is 0 Å². The monoisotopic (exact) mass is 193 g/mol. The average Bonchev–Trinajstić information content (AvgIpc) is 2.29. The standard InChI is InChI=1S/C11H15NS/c1-8(2)6-5-7-11-9(3)12-10(4)13-11/h5-6H,1,7H2,2-4H3/b6-5-. The number of aromatic nitrogens is 1. The van der Waals surface area contributed by atoms with Crippen molar-refractivity contribution in [3.63, 3.8) is 0 Å². The van der Waals surface area contributed by atoms with Gasteiger partial charge in [0.25, 0.3) is 0 Å². The Morgan fingerprint density at radius 3 is 2.69 bits per heavy atom. The number of aryl methyl sites for hydroxylation is 2. The Morgan fingerprint density at radius 1 is 1.54 bits per heavy atom. The van der Waals surface area contributed by atoms with E-state index in [0.717, 1.165) is 22.7 Å². The van der Waals surface area contributed by atoms with Crippen LogP contribution in [0, 0.1) is 13.8 Å². The molecule has 2 heteroatoms. The molecule has 1 heterocycles. The molecule has 0 fully saturated rings. The molecule has 0 aliphatic rings. The lowest BCUT2D eigenvalue weighted by Gasteiger charge is -1.90. The Bertz CT molecular complexity index is 334. The summed E-state index contributed by atoms with van der Waals surface area (Å²) in [5.74, 6) is 0. The van der Waals surface area contributed by atoms with Crippen LogP contribution in [0.5, 0.6) is 0 Å². The van der Waals surface area contributed by atoms with Crippen molar-refractivity contribution in [1.29, 1.82) is 0 Å². The van der Waals surface area contributed by atoms with Crippen molar-refractivity contribution in [3.05, 3.63) is 39.9 Å². The predicted octanol–water partition coefficient (Wildman–Crippen LogP) is 3.43. The molecule has 0 saturated heterocycles. The minimum Gasteiger partial charge on any atom is -0.247 e. The van der Waals surface area contributed by atoms with Gasteiger partial charge in [0.1, 0.15) is 0 Å². The fourth-order valence-electron chi connectivity index (χ4n) is 1.13. The van der Waals surface area contributed by atoms with E-state index in [1.54, 1.807) is 11.3 Å². The second-order valence-electron chi connectivity index (χ2n) is 3.19. The Kier molecular flexibility index (Phi) is 3.43. The van der Waals surface area contributed by atoms with E-state index in [1.165, 1.54) is 4.88 Å². The molecule has 70 valence electrons. The van der Waals surface area contributed by atoms with Crippen molar-refractivity contribution in [2.45, 2.75) is 27.2 Å². The lowest BCUT2D eigenvalue weighted by atomic mass is 10.2. The maximum absolute atomic E-state index is 4.37. The highest BCUT2D eigenvalue weighted by Gasteiger charge is 2.01. The third-order valence-corrected chi connectivity index (χ3v) is 2.80. The van der Waals surface area contributed by atoms with Crippen LogP contribution in [-0.2, 0) is 6.42 Å². The zero-order chi connectivity index (χ0) is 9.84. The van der Waals surface area contributed by atoms with E-state index in [9.17, 15) is 0 Å². The first-order valence-electron chi connectivity index (χ1n) is 4.34. The Balaban J connectivity index is 2.64. The first-order chi connectivity index (χ1) is 6.09. The summed E-state index contributed by atoms with van der Waals surface area (Å²) in [5, 5.41) is 1.15. The topological polar surface area (TPSA) is 12.9 Å². The predicted molar refractivity (Wildman–Crippen MR) is 59.2 cm³/mol. The zero-order valence-corrected chi connectivity index (χ0v) is 9.24. The molecule has 0 aliphatic heterocycles. The minimum absolute atomic E-state index is 0.976. The van der Waals surface area contributed by atoms with Gasteiger partial charge in [0.15, 0.2) is 0 Å². The van der Waals surface area contributed by atoms with E-state index in [-0.39, 0.29) is 0 Å². The molecule has 0 spiro atoms. The van der Waals surface area contributed by atoms with E-state index in [1.807, 2.05) is 13.8 Å². The number of hydrogen-bond donors (Lipinski definition) is 0. The van der Waals surface area contributed by atoms with Gasteiger partial charge >= 0.3 is 0 Å². The fourth-order valence-corrected chi connectivity index (χ4v) is 2.04. The summed E-state index contributed by atoms with van der Waals surface area (Å²) in [6, 6.07) is 0. The highest BCUT2D eigenvalue weighted by Crippen LogP contribution is 2.17. The molecule has 1 aromatic heterocycles. The van der Waals surface area contributed by atoms with Gasteiger partial charge in [0.05, 0.1) is 10.7 Å². The van der Waals surface area contributed by atoms with E-state index < -0.39 is 0 Å². The average molecular weight is 193 g/mol. The van der Waals surface area contributed by atoms with Crippen LogP contribution in [0.1, 0.15) is 22.5 Å². The molecule has 0 saturated carbocycles. The van der Waals surface area contributed by atoms with Crippen LogP contribution in [0.3, 0.4) is 0 Å². The molecule has 0 N–H and O–H groups in total. The van der Waals surface area contributed by atoms with Crippen molar-refractivity contribution in [2.75, 3.05) is 0 Å². The zero-order valence-electron chi connectivity index (χ0n) is 8.42. The third-order valence-electron chi connectivity index (χ3n) is 1.71. The van der Waals surface area contributed by atoms with Gasteiger partial charge in [-0.1, -0.05) is 24.3 Å². The number of rotatable bonds is 3. The van der Waals surface area contributed by atoms with Gasteiger partial charge < -0.3 is 0 Å². The van der Waals surface area contributed by atoms with Crippen molar-refractivity contribution in [2.24, 2.45) is 0 Å². The quantitative estimate of drug-likeness (QED) is 0.670. The van der Waals surface area contributed by atoms with Crippen molar-refractivity contribution < 1.29 is 0 Å². The summed E-state index contributed by atoms with van der Waals surface area (Å²) < 4.78 is 0. The molecule has 0 unspecified atom stereocenters. The summed E-state index contributed by atoms with van der Waals surface area (Å²) >= 11 is 1.77. The second-order valence-corrected chi connectivity index (χ2v) is 4.48. The smallest absolute Gasteiger partial charge is 0.0900 e. The summed E-state index contributed by atoms with van der Waals surface area (Å²) in [7, 11) is 0. The van der Waals surface area contributed by atoms with Crippen LogP contribution in [0.15, 0.2) is 24.3 Å². The van der Waals surface area contributed by atoms with E-state index in [4.69, 9.17) is 0 Å². The molecule has 0 atom stereocenters. The molecule has 0 amide bonds. The lowest BCUT2D eigenvalue weighted by Crippen LogP contribution is -1.80. The molecular weight excluding hydrogens is 178 g/mol. The molecule has 1 rings (SSSR count). The second kappa shape index (κ2) is 4.38. The highest BCUT2D eigenvalue weighted by molar-refractivity contribution is 7.11. The van der Waals surface area contributed by atoms with Crippen molar-refractivity contribution in [1.82, 2.24) is 4.98 Å². The molecular formula is C11H15NS. The minimum atomic E-state index is 0.976. The van der Waals surface area contributed by atoms with Crippen LogP contribution in [0.4, 0.5) is 0 Å². The van der Waals surface area contributed by atoms with Gasteiger partial charge in [-0.3, -0.25) is 0 Å². The number of thiazole rings is 1. The Morgan fingerprint density at radius 2 is 2.23 bits per heavy atom. The van der Waals surface area contributed by atoms with Gasteiger partial charge in [-0.15, -0.1) is 11.3 Å². The first kappa shape index (κ1) is 10.2. The van der Waals surface area contributed by atoms with Crippen molar-refractivity contribution in [3.8, 4) is 0 Å². The van der Waals surface area contributed by atoms with Gasteiger partial charge in [-0.05, 0) is 20.8 Å². The van der Waals surface area contributed by atoms with E-state index >= 15 is 0 Å². The summed E-state index contributed by atoms with van der Waals surface area (Å²) in [6.07, 6.45) is 5.17. The van der Waals surface area contributed by atoms with E-state index in [0.29, 0.717) is 0 Å². The SMILES string of the molecule is C=C(C)/C=C\Cc1sc(C)nc1C. The summed E-state index contributed by atoms with van der Waals surface area (Å²) in [5.41, 5.74) is 2.26. The van der Waals surface area contributed by atoms with Crippen molar-refractivity contribution >= 4 is 11.3 Å². The van der Waals surface area contributed by atoms with Gasteiger partial charge in [0.2, 0.25) is 0 Å². The number of hydrogen-bond acceptors (Lipinski definition) is 2. The largest absolute Gasteiger partial charge is 0.247 e.